The van der Waals surface area contributed by atoms with Crippen molar-refractivity contribution in [3.8, 4) is 0 Å². The van der Waals surface area contributed by atoms with E-state index >= 15 is 0 Å². The summed E-state index contributed by atoms with van der Waals surface area (Å²) in [5.41, 5.74) is 1.15. The minimum atomic E-state index is 0.0933. The quantitative estimate of drug-likeness (QED) is 0.720. The molecule has 27 heavy (non-hydrogen) atoms. The molecule has 0 aromatic carbocycles. The molecule has 1 aromatic rings. The number of nitrogens with zero attached hydrogens (tertiary/aromatic N) is 3. The number of nitrogens with one attached hydrogen (secondary N) is 1. The summed E-state index contributed by atoms with van der Waals surface area (Å²) in [5, 5.41) is 4.29. The summed E-state index contributed by atoms with van der Waals surface area (Å²) >= 11 is 1.81. The number of anilines is 1. The summed E-state index contributed by atoms with van der Waals surface area (Å²) in [7, 11) is 0. The zero-order chi connectivity index (χ0) is 18.5. The maximum absolute atomic E-state index is 12.6. The molecule has 1 unspecified atom stereocenters. The van der Waals surface area contributed by atoms with Crippen LogP contribution in [0.3, 0.4) is 0 Å². The highest BCUT2D eigenvalue weighted by atomic mass is 32.1. The summed E-state index contributed by atoms with van der Waals surface area (Å²) < 4.78 is 5.44. The highest BCUT2D eigenvalue weighted by Gasteiger charge is 2.28. The number of aryl methyl sites for hydroxylation is 1. The van der Waals surface area contributed by atoms with Crippen molar-refractivity contribution in [2.24, 2.45) is 5.92 Å². The van der Waals surface area contributed by atoms with E-state index in [0.29, 0.717) is 0 Å². The number of morpholine rings is 1. The normalized spacial score (nSPS) is 23.4. The molecule has 0 radical (unpaired) electrons. The van der Waals surface area contributed by atoms with E-state index in [1.165, 1.54) is 43.8 Å². The maximum atomic E-state index is 12.6. The number of hydrogen-bond acceptors (Lipinski definition) is 6. The van der Waals surface area contributed by atoms with E-state index in [2.05, 4.69) is 15.1 Å². The summed E-state index contributed by atoms with van der Waals surface area (Å²) in [6.07, 6.45) is 7.72. The second-order valence-corrected chi connectivity index (χ2v) is 9.01. The molecule has 0 spiro atoms. The van der Waals surface area contributed by atoms with Gasteiger partial charge in [-0.1, -0.05) is 0 Å². The number of rotatable bonds is 7. The number of fused-ring (bicyclic) bond motifs is 1. The Morgan fingerprint density at radius 1 is 1.19 bits per heavy atom. The Balaban J connectivity index is 1.20. The lowest BCUT2D eigenvalue weighted by atomic mass is 9.90. The van der Waals surface area contributed by atoms with Crippen molar-refractivity contribution >= 4 is 22.4 Å². The second kappa shape index (κ2) is 9.34. The average molecular weight is 393 g/mol. The molecule has 0 saturated carbocycles. The van der Waals surface area contributed by atoms with E-state index in [1.54, 1.807) is 0 Å². The van der Waals surface area contributed by atoms with Gasteiger partial charge in [0.25, 0.3) is 0 Å². The van der Waals surface area contributed by atoms with Gasteiger partial charge in [-0.25, -0.2) is 4.98 Å². The van der Waals surface area contributed by atoms with Gasteiger partial charge in [0.05, 0.1) is 18.9 Å². The number of aromatic nitrogens is 1. The highest BCUT2D eigenvalue weighted by molar-refractivity contribution is 7.15. The summed E-state index contributed by atoms with van der Waals surface area (Å²) in [5.74, 6) is 0.318. The monoisotopic (exact) mass is 392 g/mol. The smallest absolute Gasteiger partial charge is 0.223 e. The summed E-state index contributed by atoms with van der Waals surface area (Å²) in [6, 6.07) is 0. The third kappa shape index (κ3) is 5.00. The van der Waals surface area contributed by atoms with Crippen molar-refractivity contribution in [2.75, 3.05) is 57.4 Å². The Bertz CT molecular complexity index is 623. The zero-order valence-electron chi connectivity index (χ0n) is 16.3. The van der Waals surface area contributed by atoms with Gasteiger partial charge >= 0.3 is 0 Å². The number of amides is 1. The SMILES string of the molecule is O=C(NCCCCN1CCCC1)C1CCc2sc(N3CCOCC3)nc2C1. The molecule has 1 aromatic heterocycles. The van der Waals surface area contributed by atoms with Gasteiger partial charge < -0.3 is 19.9 Å². The first-order valence-corrected chi connectivity index (χ1v) is 11.4. The van der Waals surface area contributed by atoms with Crippen molar-refractivity contribution in [1.82, 2.24) is 15.2 Å². The largest absolute Gasteiger partial charge is 0.378 e. The van der Waals surface area contributed by atoms with E-state index in [0.717, 1.165) is 69.4 Å². The van der Waals surface area contributed by atoms with Gasteiger partial charge in [0.15, 0.2) is 5.13 Å². The van der Waals surface area contributed by atoms with E-state index < -0.39 is 0 Å². The van der Waals surface area contributed by atoms with Crippen LogP contribution < -0.4 is 10.2 Å². The van der Waals surface area contributed by atoms with Crippen molar-refractivity contribution in [1.29, 1.82) is 0 Å². The molecular formula is C20H32N4O2S. The van der Waals surface area contributed by atoms with Crippen LogP contribution >= 0.6 is 11.3 Å². The van der Waals surface area contributed by atoms with Crippen molar-refractivity contribution in [2.45, 2.75) is 44.9 Å². The number of unbranched alkanes of at least 4 members (excludes halogenated alkanes) is 1. The van der Waals surface area contributed by atoms with Gasteiger partial charge in [-0.2, -0.15) is 0 Å². The fourth-order valence-electron chi connectivity index (χ4n) is 4.30. The van der Waals surface area contributed by atoms with Crippen LogP contribution in [0.5, 0.6) is 0 Å². The molecule has 7 heteroatoms. The number of ether oxygens (including phenoxy) is 1. The minimum Gasteiger partial charge on any atom is -0.378 e. The lowest BCUT2D eigenvalue weighted by Crippen LogP contribution is -2.36. The number of carbonyl (C=O) groups is 1. The van der Waals surface area contributed by atoms with Gasteiger partial charge in [0.2, 0.25) is 5.91 Å². The Morgan fingerprint density at radius 2 is 2.00 bits per heavy atom. The van der Waals surface area contributed by atoms with E-state index in [9.17, 15) is 4.79 Å². The number of thiazole rings is 1. The molecule has 1 amide bonds. The first-order valence-electron chi connectivity index (χ1n) is 10.6. The molecule has 2 fully saturated rings. The predicted octanol–water partition coefficient (Wildman–Crippen LogP) is 2.08. The fourth-order valence-corrected chi connectivity index (χ4v) is 5.46. The molecule has 150 valence electrons. The van der Waals surface area contributed by atoms with Crippen LogP contribution in [0.2, 0.25) is 0 Å². The third-order valence-corrected chi connectivity index (χ3v) is 7.20. The molecule has 2 saturated heterocycles. The molecule has 3 heterocycles. The summed E-state index contributed by atoms with van der Waals surface area (Å²) in [4.78, 5) is 23.7. The topological polar surface area (TPSA) is 57.7 Å². The Morgan fingerprint density at radius 3 is 2.81 bits per heavy atom. The number of likely N-dealkylation sites (tertiary alicyclic amines) is 1. The van der Waals surface area contributed by atoms with Gasteiger partial charge in [-0.05, 0) is 58.2 Å². The molecule has 1 atom stereocenters. The Kier molecular flexibility index (Phi) is 6.63. The number of carbonyl (C=O) groups excluding carboxylic acids is 1. The van der Waals surface area contributed by atoms with Gasteiger partial charge in [0.1, 0.15) is 0 Å². The van der Waals surface area contributed by atoms with Crippen molar-refractivity contribution in [3.05, 3.63) is 10.6 Å². The predicted molar refractivity (Wildman–Crippen MR) is 109 cm³/mol. The van der Waals surface area contributed by atoms with E-state index in [1.807, 2.05) is 11.3 Å². The maximum Gasteiger partial charge on any atom is 0.223 e. The first kappa shape index (κ1) is 19.2. The molecular weight excluding hydrogens is 360 g/mol. The molecule has 4 rings (SSSR count). The van der Waals surface area contributed by atoms with Crippen LogP contribution in [0.1, 0.15) is 42.7 Å². The molecule has 6 nitrogen and oxygen atoms in total. The highest BCUT2D eigenvalue weighted by Crippen LogP contribution is 2.34. The lowest BCUT2D eigenvalue weighted by Gasteiger charge is -2.26. The third-order valence-electron chi connectivity index (χ3n) is 5.98. The van der Waals surface area contributed by atoms with Crippen LogP contribution in [0.25, 0.3) is 0 Å². The van der Waals surface area contributed by atoms with E-state index in [-0.39, 0.29) is 11.8 Å². The van der Waals surface area contributed by atoms with Crippen LogP contribution in [0.4, 0.5) is 5.13 Å². The van der Waals surface area contributed by atoms with E-state index in [4.69, 9.17) is 9.72 Å². The molecule has 2 aliphatic heterocycles. The molecule has 3 aliphatic rings. The minimum absolute atomic E-state index is 0.0933. The van der Waals surface area contributed by atoms with Crippen LogP contribution in [0, 0.1) is 5.92 Å². The standard InChI is InChI=1S/C20H32N4O2S/c25-19(21-7-1-2-8-23-9-3-4-10-23)16-5-6-18-17(15-16)22-20(27-18)24-11-13-26-14-12-24/h16H,1-15H2,(H,21,25). The molecule has 1 N–H and O–H groups in total. The first-order chi connectivity index (χ1) is 13.3. The second-order valence-electron chi connectivity index (χ2n) is 7.95. The molecule has 0 bridgehead atoms. The summed E-state index contributed by atoms with van der Waals surface area (Å²) in [6.45, 7) is 7.94. The lowest BCUT2D eigenvalue weighted by molar-refractivity contribution is -0.125. The van der Waals surface area contributed by atoms with Crippen molar-refractivity contribution < 1.29 is 9.53 Å². The van der Waals surface area contributed by atoms with Gasteiger partial charge in [-0.15, -0.1) is 11.3 Å². The van der Waals surface area contributed by atoms with Crippen molar-refractivity contribution in [3.63, 3.8) is 0 Å². The number of hydrogen-bond donors (Lipinski definition) is 1. The van der Waals surface area contributed by atoms with Crippen LogP contribution in [-0.2, 0) is 22.4 Å². The van der Waals surface area contributed by atoms with Gasteiger partial charge in [-0.3, -0.25) is 4.79 Å². The van der Waals surface area contributed by atoms with Crippen LogP contribution in [-0.4, -0.2) is 68.3 Å². The van der Waals surface area contributed by atoms with Crippen LogP contribution in [0.15, 0.2) is 0 Å². The molecule has 1 aliphatic carbocycles. The fraction of sp³-hybridized carbons (Fsp3) is 0.800. The Labute approximate surface area is 166 Å². The zero-order valence-corrected chi connectivity index (χ0v) is 17.1. The van der Waals surface area contributed by atoms with Gasteiger partial charge in [0, 0.05) is 36.9 Å². The Hall–Kier alpha value is -1.18. The average Bonchev–Trinajstić information content (AvgIpc) is 3.37.